The van der Waals surface area contributed by atoms with Crippen molar-refractivity contribution < 1.29 is 23.4 Å². The average Bonchev–Trinajstić information content (AvgIpc) is 3.31. The number of fused-ring (bicyclic) bond motifs is 1. The lowest BCUT2D eigenvalue weighted by molar-refractivity contribution is -0.202. The van der Waals surface area contributed by atoms with Crippen molar-refractivity contribution in [1.29, 1.82) is 0 Å². The first-order valence-corrected chi connectivity index (χ1v) is 12.9. The molecule has 0 N–H and O–H groups in total. The first-order chi connectivity index (χ1) is 14.9. The zero-order valence-corrected chi connectivity index (χ0v) is 19.7. The maximum absolute atomic E-state index is 12.0. The Labute approximate surface area is 185 Å². The molecule has 2 aromatic rings. The predicted molar refractivity (Wildman–Crippen MR) is 122 cm³/mol. The molecule has 166 valence electrons. The van der Waals surface area contributed by atoms with E-state index in [1.807, 2.05) is 12.1 Å². The lowest BCUT2D eigenvalue weighted by Gasteiger charge is -2.43. The molecule has 5 atom stereocenters. The third-order valence-corrected chi connectivity index (χ3v) is 11.6. The van der Waals surface area contributed by atoms with Gasteiger partial charge in [0.25, 0.3) is 8.32 Å². The van der Waals surface area contributed by atoms with Gasteiger partial charge in [0.05, 0.1) is 18.6 Å². The van der Waals surface area contributed by atoms with Gasteiger partial charge in [0, 0.05) is 19.4 Å². The maximum Gasteiger partial charge on any atom is 0.261 e. The van der Waals surface area contributed by atoms with Crippen LogP contribution in [0.4, 0.5) is 0 Å². The largest absolute Gasteiger partial charge is 0.405 e. The highest BCUT2D eigenvalue weighted by Gasteiger charge is 2.54. The van der Waals surface area contributed by atoms with Crippen molar-refractivity contribution in [2.75, 3.05) is 13.7 Å². The first-order valence-electron chi connectivity index (χ1n) is 10.9. The molecule has 2 aliphatic rings. The van der Waals surface area contributed by atoms with E-state index in [4.69, 9.17) is 18.6 Å². The van der Waals surface area contributed by atoms with Crippen molar-refractivity contribution in [1.82, 2.24) is 0 Å². The smallest absolute Gasteiger partial charge is 0.261 e. The minimum absolute atomic E-state index is 0.00945. The van der Waals surface area contributed by atoms with Gasteiger partial charge >= 0.3 is 0 Å². The first kappa shape index (κ1) is 22.4. The molecule has 0 radical (unpaired) electrons. The van der Waals surface area contributed by atoms with E-state index in [2.05, 4.69) is 69.3 Å². The summed E-state index contributed by atoms with van der Waals surface area (Å²) in [6, 6.07) is 21.0. The molecular formula is C25H32O5Si. The molecule has 31 heavy (non-hydrogen) atoms. The summed E-state index contributed by atoms with van der Waals surface area (Å²) in [5, 5.41) is 2.30. The average molecular weight is 441 g/mol. The lowest BCUT2D eigenvalue weighted by atomic mass is 9.90. The summed E-state index contributed by atoms with van der Waals surface area (Å²) in [6.07, 6.45) is 0.627. The van der Waals surface area contributed by atoms with Crippen LogP contribution in [0.5, 0.6) is 0 Å². The Bertz CT molecular complexity index is 827. The van der Waals surface area contributed by atoms with Crippen LogP contribution in [0.15, 0.2) is 60.7 Å². The van der Waals surface area contributed by atoms with Crippen LogP contribution in [0.25, 0.3) is 0 Å². The molecule has 6 heteroatoms. The standard InChI is InChI=1S/C25H32O5Si/c1-25(2,3)31(18-11-7-5-8-12-18,19-13-9-6-10-14-19)28-17-22-21(16-26)20-15-23(27-4)30-24(20)29-22/h5-14,16,20-24H,15,17H2,1-4H3. The molecule has 4 rings (SSSR count). The summed E-state index contributed by atoms with van der Waals surface area (Å²) in [7, 11) is -1.06. The lowest BCUT2D eigenvalue weighted by Crippen LogP contribution is -2.67. The van der Waals surface area contributed by atoms with Crippen LogP contribution >= 0.6 is 0 Å². The Kier molecular flexibility index (Phi) is 6.46. The molecule has 0 saturated carbocycles. The van der Waals surface area contributed by atoms with E-state index in [0.29, 0.717) is 13.0 Å². The Hall–Kier alpha value is -1.83. The van der Waals surface area contributed by atoms with Gasteiger partial charge in [0.1, 0.15) is 6.29 Å². The van der Waals surface area contributed by atoms with Crippen molar-refractivity contribution in [3.8, 4) is 0 Å². The van der Waals surface area contributed by atoms with E-state index in [1.54, 1.807) is 7.11 Å². The Balaban J connectivity index is 1.66. The van der Waals surface area contributed by atoms with E-state index in [9.17, 15) is 4.79 Å². The molecule has 0 bridgehead atoms. The summed E-state index contributed by atoms with van der Waals surface area (Å²) in [5.74, 6) is -0.251. The zero-order valence-electron chi connectivity index (χ0n) is 18.7. The second-order valence-electron chi connectivity index (χ2n) is 9.43. The number of benzene rings is 2. The summed E-state index contributed by atoms with van der Waals surface area (Å²) in [6.45, 7) is 7.08. The number of rotatable bonds is 7. The second kappa shape index (κ2) is 8.96. The van der Waals surface area contributed by atoms with Crippen LogP contribution in [0, 0.1) is 11.8 Å². The van der Waals surface area contributed by atoms with Crippen molar-refractivity contribution >= 4 is 25.0 Å². The molecule has 0 spiro atoms. The van der Waals surface area contributed by atoms with Gasteiger partial charge in [-0.05, 0) is 15.4 Å². The quantitative estimate of drug-likeness (QED) is 0.489. The van der Waals surface area contributed by atoms with E-state index in [-0.39, 0.29) is 29.3 Å². The fraction of sp³-hybridized carbons (Fsp3) is 0.480. The highest BCUT2D eigenvalue weighted by molar-refractivity contribution is 6.99. The maximum atomic E-state index is 12.0. The van der Waals surface area contributed by atoms with E-state index < -0.39 is 14.6 Å². The van der Waals surface area contributed by atoms with Crippen LogP contribution in [0.2, 0.25) is 5.04 Å². The Morgan fingerprint density at radius 2 is 1.58 bits per heavy atom. The van der Waals surface area contributed by atoms with Gasteiger partial charge in [-0.25, -0.2) is 0 Å². The number of carbonyl (C=O) groups excluding carboxylic acids is 1. The monoisotopic (exact) mass is 440 g/mol. The number of methoxy groups -OCH3 is 1. The van der Waals surface area contributed by atoms with Gasteiger partial charge in [-0.2, -0.15) is 0 Å². The van der Waals surface area contributed by atoms with Crippen LogP contribution in [0.3, 0.4) is 0 Å². The van der Waals surface area contributed by atoms with Gasteiger partial charge < -0.3 is 23.4 Å². The third-order valence-electron chi connectivity index (χ3n) is 6.63. The Morgan fingerprint density at radius 3 is 2.06 bits per heavy atom. The van der Waals surface area contributed by atoms with Crippen LogP contribution < -0.4 is 10.4 Å². The number of hydrogen-bond acceptors (Lipinski definition) is 5. The van der Waals surface area contributed by atoms with Gasteiger partial charge in [0.15, 0.2) is 12.6 Å². The number of hydrogen-bond donors (Lipinski definition) is 0. The molecule has 5 unspecified atom stereocenters. The highest BCUT2D eigenvalue weighted by atomic mass is 28.4. The fourth-order valence-corrected chi connectivity index (χ4v) is 9.68. The molecule has 0 aromatic heterocycles. The fourth-order valence-electron chi connectivity index (χ4n) is 5.11. The summed E-state index contributed by atoms with van der Waals surface area (Å²) in [5.41, 5.74) is 0. The number of aldehydes is 1. The van der Waals surface area contributed by atoms with Crippen LogP contribution in [0.1, 0.15) is 27.2 Å². The predicted octanol–water partition coefficient (Wildman–Crippen LogP) is 3.11. The van der Waals surface area contributed by atoms with E-state index in [1.165, 1.54) is 10.4 Å². The van der Waals surface area contributed by atoms with Crippen molar-refractivity contribution in [2.24, 2.45) is 11.8 Å². The molecule has 0 amide bonds. The Morgan fingerprint density at radius 1 is 1.00 bits per heavy atom. The van der Waals surface area contributed by atoms with Crippen molar-refractivity contribution in [2.45, 2.75) is 50.9 Å². The molecule has 2 heterocycles. The highest BCUT2D eigenvalue weighted by Crippen LogP contribution is 2.43. The van der Waals surface area contributed by atoms with Crippen molar-refractivity contribution in [3.63, 3.8) is 0 Å². The molecule has 2 saturated heterocycles. The van der Waals surface area contributed by atoms with Gasteiger partial charge in [-0.3, -0.25) is 0 Å². The molecule has 2 aliphatic heterocycles. The van der Waals surface area contributed by atoms with Crippen LogP contribution in [-0.4, -0.2) is 47.0 Å². The molecule has 0 aliphatic carbocycles. The number of ether oxygens (including phenoxy) is 3. The zero-order chi connectivity index (χ0) is 22.1. The van der Waals surface area contributed by atoms with Gasteiger partial charge in [-0.1, -0.05) is 81.4 Å². The molecule has 2 aromatic carbocycles. The topological polar surface area (TPSA) is 54.0 Å². The molecule has 2 fully saturated rings. The minimum Gasteiger partial charge on any atom is -0.405 e. The van der Waals surface area contributed by atoms with Crippen molar-refractivity contribution in [3.05, 3.63) is 60.7 Å². The van der Waals surface area contributed by atoms with Crippen LogP contribution in [-0.2, 0) is 23.4 Å². The summed E-state index contributed by atoms with van der Waals surface area (Å²) < 4.78 is 24.3. The van der Waals surface area contributed by atoms with E-state index >= 15 is 0 Å². The van der Waals surface area contributed by atoms with Gasteiger partial charge in [-0.15, -0.1) is 0 Å². The second-order valence-corrected chi connectivity index (χ2v) is 13.7. The normalized spacial score (nSPS) is 28.5. The number of carbonyl (C=O) groups is 1. The summed E-state index contributed by atoms with van der Waals surface area (Å²) in [4.78, 5) is 12.0. The molecule has 5 nitrogen and oxygen atoms in total. The van der Waals surface area contributed by atoms with Gasteiger partial charge in [0.2, 0.25) is 0 Å². The summed E-state index contributed by atoms with van der Waals surface area (Å²) >= 11 is 0. The van der Waals surface area contributed by atoms with E-state index in [0.717, 1.165) is 6.29 Å². The SMILES string of the molecule is COC1CC2C(O1)OC(CO[Si](c1ccccc1)(c1ccccc1)C(C)(C)C)C2C=O. The molecular weight excluding hydrogens is 408 g/mol. The third kappa shape index (κ3) is 4.03. The minimum atomic E-state index is -2.68.